The summed E-state index contributed by atoms with van der Waals surface area (Å²) < 4.78 is 39.4. The fourth-order valence-electron chi connectivity index (χ4n) is 3.88. The van der Waals surface area contributed by atoms with Crippen LogP contribution in [0.1, 0.15) is 38.3 Å². The van der Waals surface area contributed by atoms with Crippen molar-refractivity contribution in [2.45, 2.75) is 58.9 Å². The Labute approximate surface area is 169 Å². The molecule has 0 saturated carbocycles. The summed E-state index contributed by atoms with van der Waals surface area (Å²) in [5.41, 5.74) is 4.14. The van der Waals surface area contributed by atoms with Crippen LogP contribution in [0.3, 0.4) is 0 Å². The van der Waals surface area contributed by atoms with Crippen molar-refractivity contribution in [3.8, 4) is 0 Å². The van der Waals surface area contributed by atoms with Crippen LogP contribution in [-0.4, -0.2) is 34.8 Å². The zero-order valence-electron chi connectivity index (χ0n) is 17.2. The van der Waals surface area contributed by atoms with E-state index in [2.05, 4.69) is 36.9 Å². The van der Waals surface area contributed by atoms with Crippen LogP contribution in [0.25, 0.3) is 0 Å². The second kappa shape index (κ2) is 8.61. The SMILES string of the molecule is CCn1cc(N(c2ccc3c(c2)CN(CCC(F)(F)F)CC3)C(C)C)ccc1=O. The van der Waals surface area contributed by atoms with E-state index in [-0.39, 0.29) is 18.1 Å². The first-order valence-corrected chi connectivity index (χ1v) is 10.1. The first-order valence-electron chi connectivity index (χ1n) is 10.1. The maximum Gasteiger partial charge on any atom is 0.390 e. The Morgan fingerprint density at radius 1 is 1.10 bits per heavy atom. The number of alkyl halides is 3. The number of hydrogen-bond donors (Lipinski definition) is 0. The van der Waals surface area contributed by atoms with Crippen molar-refractivity contribution >= 4 is 11.4 Å². The van der Waals surface area contributed by atoms with E-state index in [0.717, 1.165) is 23.4 Å². The van der Waals surface area contributed by atoms with Gasteiger partial charge in [0.05, 0.1) is 12.1 Å². The van der Waals surface area contributed by atoms with Crippen molar-refractivity contribution in [3.63, 3.8) is 0 Å². The summed E-state index contributed by atoms with van der Waals surface area (Å²) in [6.07, 6.45) is -2.29. The molecule has 1 aromatic heterocycles. The summed E-state index contributed by atoms with van der Waals surface area (Å²) in [4.78, 5) is 16.0. The van der Waals surface area contributed by atoms with Crippen molar-refractivity contribution in [2.75, 3.05) is 18.0 Å². The van der Waals surface area contributed by atoms with E-state index in [9.17, 15) is 18.0 Å². The highest BCUT2D eigenvalue weighted by atomic mass is 19.4. The van der Waals surface area contributed by atoms with Crippen molar-refractivity contribution in [2.24, 2.45) is 0 Å². The van der Waals surface area contributed by atoms with Crippen LogP contribution in [-0.2, 0) is 19.5 Å². The predicted octanol–water partition coefficient (Wildman–Crippen LogP) is 4.73. The molecular formula is C22H28F3N3O. The molecule has 0 radical (unpaired) electrons. The lowest BCUT2D eigenvalue weighted by Gasteiger charge is -2.33. The molecule has 1 aliphatic rings. The Kier molecular flexibility index (Phi) is 6.36. The molecule has 0 N–H and O–H groups in total. The summed E-state index contributed by atoms with van der Waals surface area (Å²) in [6.45, 7) is 7.89. The molecule has 0 spiro atoms. The van der Waals surface area contributed by atoms with Crippen LogP contribution in [0.4, 0.5) is 24.5 Å². The second-order valence-electron chi connectivity index (χ2n) is 7.82. The second-order valence-corrected chi connectivity index (χ2v) is 7.82. The maximum absolute atomic E-state index is 12.6. The average Bonchev–Trinajstić information content (AvgIpc) is 2.66. The molecule has 0 fully saturated rings. The molecule has 0 aliphatic carbocycles. The molecular weight excluding hydrogens is 379 g/mol. The van der Waals surface area contributed by atoms with Gasteiger partial charge >= 0.3 is 6.18 Å². The topological polar surface area (TPSA) is 28.5 Å². The lowest BCUT2D eigenvalue weighted by Crippen LogP contribution is -2.34. The number of aryl methyl sites for hydroxylation is 1. The lowest BCUT2D eigenvalue weighted by molar-refractivity contribution is -0.138. The van der Waals surface area contributed by atoms with Crippen LogP contribution in [0.5, 0.6) is 0 Å². The number of anilines is 2. The summed E-state index contributed by atoms with van der Waals surface area (Å²) >= 11 is 0. The molecule has 0 unspecified atom stereocenters. The first-order chi connectivity index (χ1) is 13.7. The van der Waals surface area contributed by atoms with Crippen molar-refractivity contribution in [3.05, 3.63) is 58.0 Å². The van der Waals surface area contributed by atoms with Crippen LogP contribution < -0.4 is 10.5 Å². The van der Waals surface area contributed by atoms with Crippen molar-refractivity contribution in [1.29, 1.82) is 0 Å². The van der Waals surface area contributed by atoms with Gasteiger partial charge in [0.1, 0.15) is 0 Å². The van der Waals surface area contributed by atoms with Gasteiger partial charge in [0, 0.05) is 50.2 Å². The number of aromatic nitrogens is 1. The quantitative estimate of drug-likeness (QED) is 0.693. The van der Waals surface area contributed by atoms with Gasteiger partial charge in [-0.2, -0.15) is 13.2 Å². The molecule has 0 saturated heterocycles. The Bertz CT molecular complexity index is 905. The molecule has 29 heavy (non-hydrogen) atoms. The molecule has 1 aromatic carbocycles. The van der Waals surface area contributed by atoms with Gasteiger partial charge in [-0.3, -0.25) is 9.69 Å². The van der Waals surface area contributed by atoms with E-state index < -0.39 is 12.6 Å². The fraction of sp³-hybridized carbons (Fsp3) is 0.500. The highest BCUT2D eigenvalue weighted by molar-refractivity contribution is 5.64. The lowest BCUT2D eigenvalue weighted by atomic mass is 9.98. The molecule has 7 heteroatoms. The van der Waals surface area contributed by atoms with Gasteiger partial charge in [0.25, 0.3) is 5.56 Å². The maximum atomic E-state index is 12.6. The van der Waals surface area contributed by atoms with E-state index in [1.54, 1.807) is 10.6 Å². The summed E-state index contributed by atoms with van der Waals surface area (Å²) in [6, 6.07) is 9.77. The Hall–Kier alpha value is -2.28. The largest absolute Gasteiger partial charge is 0.390 e. The zero-order chi connectivity index (χ0) is 21.2. The van der Waals surface area contributed by atoms with Gasteiger partial charge in [0.15, 0.2) is 0 Å². The number of fused-ring (bicyclic) bond motifs is 1. The highest BCUT2D eigenvalue weighted by Crippen LogP contribution is 2.31. The fourth-order valence-corrected chi connectivity index (χ4v) is 3.88. The third-order valence-electron chi connectivity index (χ3n) is 5.37. The van der Waals surface area contributed by atoms with Crippen LogP contribution in [0.2, 0.25) is 0 Å². The molecule has 2 heterocycles. The van der Waals surface area contributed by atoms with E-state index in [1.165, 1.54) is 5.56 Å². The van der Waals surface area contributed by atoms with Gasteiger partial charge in [0.2, 0.25) is 0 Å². The number of pyridine rings is 1. The zero-order valence-corrected chi connectivity index (χ0v) is 17.2. The van der Waals surface area contributed by atoms with Crippen molar-refractivity contribution < 1.29 is 13.2 Å². The van der Waals surface area contributed by atoms with E-state index in [0.29, 0.717) is 19.6 Å². The minimum absolute atomic E-state index is 0.0303. The number of rotatable bonds is 6. The minimum atomic E-state index is -4.13. The van der Waals surface area contributed by atoms with Gasteiger partial charge in [-0.15, -0.1) is 0 Å². The molecule has 158 valence electrons. The number of hydrogen-bond acceptors (Lipinski definition) is 3. The van der Waals surface area contributed by atoms with Crippen LogP contribution >= 0.6 is 0 Å². The number of benzene rings is 1. The molecule has 0 atom stereocenters. The molecule has 1 aliphatic heterocycles. The Morgan fingerprint density at radius 3 is 2.48 bits per heavy atom. The molecule has 2 aromatic rings. The standard InChI is InChI=1S/C22H28F3N3O/c1-4-27-15-20(7-8-21(27)29)28(16(2)3)19-6-5-17-9-11-26(14-18(17)13-19)12-10-22(23,24)25/h5-8,13,15-16H,4,9-12,14H2,1-3H3. The molecule has 0 amide bonds. The van der Waals surface area contributed by atoms with Gasteiger partial charge in [-0.05, 0) is 56.5 Å². The first kappa shape index (κ1) is 21.4. The number of halogens is 3. The Balaban J connectivity index is 1.87. The smallest absolute Gasteiger partial charge is 0.338 e. The number of nitrogens with zero attached hydrogens (tertiary/aromatic N) is 3. The molecule has 3 rings (SSSR count). The summed E-state index contributed by atoms with van der Waals surface area (Å²) in [7, 11) is 0. The third-order valence-corrected chi connectivity index (χ3v) is 5.37. The van der Waals surface area contributed by atoms with Gasteiger partial charge in [-0.25, -0.2) is 0 Å². The monoisotopic (exact) mass is 407 g/mol. The van der Waals surface area contributed by atoms with E-state index >= 15 is 0 Å². The van der Waals surface area contributed by atoms with Crippen molar-refractivity contribution in [1.82, 2.24) is 9.47 Å². The summed E-state index contributed by atoms with van der Waals surface area (Å²) in [5, 5.41) is 0. The predicted molar refractivity (Wildman–Crippen MR) is 110 cm³/mol. The van der Waals surface area contributed by atoms with E-state index in [4.69, 9.17) is 0 Å². The highest BCUT2D eigenvalue weighted by Gasteiger charge is 2.29. The van der Waals surface area contributed by atoms with E-state index in [1.807, 2.05) is 24.1 Å². The molecule has 4 nitrogen and oxygen atoms in total. The van der Waals surface area contributed by atoms with Crippen LogP contribution in [0.15, 0.2) is 41.3 Å². The minimum Gasteiger partial charge on any atom is -0.338 e. The third kappa shape index (κ3) is 5.21. The summed E-state index contributed by atoms with van der Waals surface area (Å²) in [5.74, 6) is 0. The Morgan fingerprint density at radius 2 is 1.83 bits per heavy atom. The normalized spacial score (nSPS) is 14.9. The average molecular weight is 407 g/mol. The van der Waals surface area contributed by atoms with Gasteiger partial charge in [-0.1, -0.05) is 6.07 Å². The van der Waals surface area contributed by atoms with Gasteiger partial charge < -0.3 is 9.47 Å². The van der Waals surface area contributed by atoms with Crippen LogP contribution in [0, 0.1) is 0 Å². The molecule has 0 bridgehead atoms.